The number of carbonyl (C=O) groups is 1. The summed E-state index contributed by atoms with van der Waals surface area (Å²) < 4.78 is 5.05. The van der Waals surface area contributed by atoms with Crippen LogP contribution in [-0.2, 0) is 4.74 Å². The van der Waals surface area contributed by atoms with Crippen molar-refractivity contribution in [1.29, 1.82) is 0 Å². The summed E-state index contributed by atoms with van der Waals surface area (Å²) in [7, 11) is 1.62. The Bertz CT molecular complexity index is 981. The van der Waals surface area contributed by atoms with Crippen LogP contribution in [-0.4, -0.2) is 40.7 Å². The lowest BCUT2D eigenvalue weighted by molar-refractivity contribution is 0.0945. The molecule has 3 N–H and O–H groups in total. The van der Waals surface area contributed by atoms with Crippen LogP contribution in [0.3, 0.4) is 0 Å². The SMILES string of the molecule is COCC(C)NC(=S)NNC(=O)c1cc(-c2ccncc2)nc2ccccc12. The van der Waals surface area contributed by atoms with Crippen molar-refractivity contribution in [3.8, 4) is 11.3 Å². The molecular formula is C20H21N5O2S. The number of nitrogens with zero attached hydrogens (tertiary/aromatic N) is 2. The van der Waals surface area contributed by atoms with Gasteiger partial charge >= 0.3 is 0 Å². The molecule has 0 saturated carbocycles. The summed E-state index contributed by atoms with van der Waals surface area (Å²) in [6.45, 7) is 2.43. The van der Waals surface area contributed by atoms with Crippen molar-refractivity contribution < 1.29 is 9.53 Å². The molecule has 0 aliphatic carbocycles. The van der Waals surface area contributed by atoms with E-state index in [-0.39, 0.29) is 11.9 Å². The summed E-state index contributed by atoms with van der Waals surface area (Å²) in [5, 5.41) is 4.09. The Morgan fingerprint density at radius 3 is 2.68 bits per heavy atom. The Kier molecular flexibility index (Phi) is 6.46. The Balaban J connectivity index is 1.83. The quantitative estimate of drug-likeness (QED) is 0.452. The maximum Gasteiger partial charge on any atom is 0.270 e. The van der Waals surface area contributed by atoms with E-state index in [9.17, 15) is 4.79 Å². The fourth-order valence-electron chi connectivity index (χ4n) is 2.77. The molecule has 0 saturated heterocycles. The van der Waals surface area contributed by atoms with Crippen molar-refractivity contribution in [3.63, 3.8) is 0 Å². The van der Waals surface area contributed by atoms with Gasteiger partial charge in [-0.15, -0.1) is 0 Å². The number of ether oxygens (including phenoxy) is 1. The maximum atomic E-state index is 12.8. The van der Waals surface area contributed by atoms with Crippen molar-refractivity contribution in [2.45, 2.75) is 13.0 Å². The number of rotatable bonds is 5. The second-order valence-corrected chi connectivity index (χ2v) is 6.63. The number of hydrogen-bond acceptors (Lipinski definition) is 5. The Morgan fingerprint density at radius 2 is 1.93 bits per heavy atom. The molecule has 2 heterocycles. The van der Waals surface area contributed by atoms with Gasteiger partial charge in [0.25, 0.3) is 5.91 Å². The molecular weight excluding hydrogens is 374 g/mol. The molecule has 8 heteroatoms. The van der Waals surface area contributed by atoms with E-state index >= 15 is 0 Å². The minimum absolute atomic E-state index is 0.0157. The molecule has 0 aliphatic heterocycles. The van der Waals surface area contributed by atoms with E-state index in [4.69, 9.17) is 17.0 Å². The van der Waals surface area contributed by atoms with Gasteiger partial charge in [-0.05, 0) is 43.4 Å². The lowest BCUT2D eigenvalue weighted by atomic mass is 10.0. The molecule has 1 atom stereocenters. The Labute approximate surface area is 168 Å². The van der Waals surface area contributed by atoms with Crippen LogP contribution >= 0.6 is 12.2 Å². The van der Waals surface area contributed by atoms with Crippen molar-refractivity contribution in [2.75, 3.05) is 13.7 Å². The summed E-state index contributed by atoms with van der Waals surface area (Å²) in [5.41, 5.74) is 8.18. The standard InChI is InChI=1S/C20H21N5O2S/c1-13(12-27-2)22-20(28)25-24-19(26)16-11-18(14-7-9-21-10-8-14)23-17-6-4-3-5-15(16)17/h3-11,13H,12H2,1-2H3,(H,24,26)(H2,22,25,28). The molecule has 0 aliphatic rings. The van der Waals surface area contributed by atoms with E-state index in [1.807, 2.05) is 43.3 Å². The van der Waals surface area contributed by atoms with Crippen LogP contribution in [0.2, 0.25) is 0 Å². The maximum absolute atomic E-state index is 12.8. The number of pyridine rings is 2. The minimum Gasteiger partial charge on any atom is -0.383 e. The molecule has 1 aromatic carbocycles. The number of hydrazine groups is 1. The van der Waals surface area contributed by atoms with Gasteiger partial charge in [-0.1, -0.05) is 18.2 Å². The second kappa shape index (κ2) is 9.20. The predicted molar refractivity (Wildman–Crippen MR) is 113 cm³/mol. The number of amides is 1. The van der Waals surface area contributed by atoms with Crippen LogP contribution < -0.4 is 16.2 Å². The fraction of sp³-hybridized carbons (Fsp3) is 0.200. The van der Waals surface area contributed by atoms with Crippen molar-refractivity contribution in [2.24, 2.45) is 0 Å². The molecule has 0 spiro atoms. The van der Waals surface area contributed by atoms with Crippen LogP contribution in [0.15, 0.2) is 54.9 Å². The first-order valence-electron chi connectivity index (χ1n) is 8.74. The zero-order valence-corrected chi connectivity index (χ0v) is 16.4. The summed E-state index contributed by atoms with van der Waals surface area (Å²) in [6, 6.07) is 13.0. The number of fused-ring (bicyclic) bond motifs is 1. The lowest BCUT2D eigenvalue weighted by Crippen LogP contribution is -2.50. The van der Waals surface area contributed by atoms with Gasteiger partial charge in [-0.25, -0.2) is 4.98 Å². The highest BCUT2D eigenvalue weighted by molar-refractivity contribution is 7.80. The van der Waals surface area contributed by atoms with E-state index in [0.717, 1.165) is 16.5 Å². The van der Waals surface area contributed by atoms with Gasteiger partial charge in [0.15, 0.2) is 5.11 Å². The lowest BCUT2D eigenvalue weighted by Gasteiger charge is -2.17. The molecule has 7 nitrogen and oxygen atoms in total. The topological polar surface area (TPSA) is 88.2 Å². The number of para-hydroxylation sites is 1. The molecule has 28 heavy (non-hydrogen) atoms. The first-order chi connectivity index (χ1) is 13.6. The van der Waals surface area contributed by atoms with Gasteiger partial charge in [0, 0.05) is 36.5 Å². The van der Waals surface area contributed by atoms with Gasteiger partial charge in [-0.2, -0.15) is 0 Å². The average molecular weight is 395 g/mol. The second-order valence-electron chi connectivity index (χ2n) is 6.22. The Hall–Kier alpha value is -3.10. The molecule has 3 aromatic rings. The number of carbonyl (C=O) groups excluding carboxylic acids is 1. The predicted octanol–water partition coefficient (Wildman–Crippen LogP) is 2.44. The highest BCUT2D eigenvalue weighted by Gasteiger charge is 2.14. The van der Waals surface area contributed by atoms with Crippen LogP contribution in [0.25, 0.3) is 22.2 Å². The largest absolute Gasteiger partial charge is 0.383 e. The van der Waals surface area contributed by atoms with Crippen LogP contribution in [0, 0.1) is 0 Å². The van der Waals surface area contributed by atoms with Crippen molar-refractivity contribution in [1.82, 2.24) is 26.1 Å². The summed E-state index contributed by atoms with van der Waals surface area (Å²) >= 11 is 5.20. The minimum atomic E-state index is -0.308. The van der Waals surface area contributed by atoms with Crippen LogP contribution in [0.4, 0.5) is 0 Å². The third-order valence-electron chi connectivity index (χ3n) is 4.02. The average Bonchev–Trinajstić information content (AvgIpc) is 2.72. The number of thiocarbonyl (C=S) groups is 1. The third kappa shape index (κ3) is 4.79. The highest BCUT2D eigenvalue weighted by atomic mass is 32.1. The summed E-state index contributed by atoms with van der Waals surface area (Å²) in [6.07, 6.45) is 3.39. The normalized spacial score (nSPS) is 11.6. The molecule has 0 fully saturated rings. The number of hydrogen-bond donors (Lipinski definition) is 3. The molecule has 2 aromatic heterocycles. The highest BCUT2D eigenvalue weighted by Crippen LogP contribution is 2.24. The van der Waals surface area contributed by atoms with E-state index < -0.39 is 0 Å². The van der Waals surface area contributed by atoms with Gasteiger partial charge < -0.3 is 10.1 Å². The molecule has 1 unspecified atom stereocenters. The number of nitrogens with one attached hydrogen (secondary N) is 3. The number of aromatic nitrogens is 2. The van der Waals surface area contributed by atoms with Crippen LogP contribution in [0.5, 0.6) is 0 Å². The van der Waals surface area contributed by atoms with E-state index in [2.05, 4.69) is 26.1 Å². The van der Waals surface area contributed by atoms with E-state index in [1.165, 1.54) is 0 Å². The summed E-state index contributed by atoms with van der Waals surface area (Å²) in [4.78, 5) is 21.5. The fourth-order valence-corrected chi connectivity index (χ4v) is 3.02. The van der Waals surface area contributed by atoms with Gasteiger partial charge in [0.05, 0.1) is 23.4 Å². The smallest absolute Gasteiger partial charge is 0.270 e. The van der Waals surface area contributed by atoms with Gasteiger partial charge in [0.2, 0.25) is 0 Å². The zero-order chi connectivity index (χ0) is 19.9. The van der Waals surface area contributed by atoms with Crippen molar-refractivity contribution >= 4 is 34.1 Å². The summed E-state index contributed by atoms with van der Waals surface area (Å²) in [5.74, 6) is -0.308. The molecule has 0 bridgehead atoms. The first kappa shape index (κ1) is 19.7. The molecule has 3 rings (SSSR count). The molecule has 0 radical (unpaired) electrons. The number of methoxy groups -OCH3 is 1. The van der Waals surface area contributed by atoms with E-state index in [1.54, 1.807) is 25.6 Å². The first-order valence-corrected chi connectivity index (χ1v) is 9.15. The third-order valence-corrected chi connectivity index (χ3v) is 4.24. The van der Waals surface area contributed by atoms with E-state index in [0.29, 0.717) is 23.0 Å². The zero-order valence-electron chi connectivity index (χ0n) is 15.6. The molecule has 144 valence electrons. The monoisotopic (exact) mass is 395 g/mol. The molecule has 1 amide bonds. The van der Waals surface area contributed by atoms with Crippen LogP contribution in [0.1, 0.15) is 17.3 Å². The van der Waals surface area contributed by atoms with Gasteiger partial charge in [0.1, 0.15) is 0 Å². The number of benzene rings is 1. The Morgan fingerprint density at radius 1 is 1.18 bits per heavy atom. The van der Waals surface area contributed by atoms with Crippen molar-refractivity contribution in [3.05, 3.63) is 60.4 Å². The van der Waals surface area contributed by atoms with Gasteiger partial charge in [-0.3, -0.25) is 20.6 Å².